The van der Waals surface area contributed by atoms with Crippen molar-refractivity contribution < 1.29 is 19.6 Å². The van der Waals surface area contributed by atoms with Gasteiger partial charge in [-0.25, -0.2) is 0 Å². The highest BCUT2D eigenvalue weighted by molar-refractivity contribution is 7.07. The minimum Gasteiger partial charge on any atom is -0.502 e. The van der Waals surface area contributed by atoms with Gasteiger partial charge in [0.15, 0.2) is 11.5 Å². The van der Waals surface area contributed by atoms with Crippen LogP contribution in [-0.4, -0.2) is 27.9 Å². The normalized spacial score (nSPS) is 12.2. The molecule has 0 aliphatic heterocycles. The Kier molecular flexibility index (Phi) is 5.37. The predicted octanol–water partition coefficient (Wildman–Crippen LogP) is 1.55. The Labute approximate surface area is 161 Å². The van der Waals surface area contributed by atoms with Gasteiger partial charge >= 0.3 is 5.69 Å². The molecule has 0 unspecified atom stereocenters. The summed E-state index contributed by atoms with van der Waals surface area (Å²) in [5.74, 6) is -0.116. The van der Waals surface area contributed by atoms with Crippen LogP contribution in [0.15, 0.2) is 47.3 Å². The fraction of sp³-hybridized carbons (Fsp3) is 0.0526. The Morgan fingerprint density at radius 1 is 1.25 bits per heavy atom. The number of nitro groups is 1. The van der Waals surface area contributed by atoms with Crippen LogP contribution in [0.4, 0.5) is 5.69 Å². The van der Waals surface area contributed by atoms with E-state index in [1.54, 1.807) is 24.3 Å². The molecule has 2 N–H and O–H groups in total. The molecule has 0 bridgehead atoms. The maximum atomic E-state index is 12.3. The molecular weight excluding hydrogens is 384 g/mol. The van der Waals surface area contributed by atoms with E-state index in [9.17, 15) is 24.8 Å². The molecule has 142 valence electrons. The van der Waals surface area contributed by atoms with Crippen molar-refractivity contribution in [2.45, 2.75) is 0 Å². The van der Waals surface area contributed by atoms with Crippen LogP contribution in [0.25, 0.3) is 12.2 Å². The number of H-pyrrole nitrogens is 1. The molecule has 2 aromatic carbocycles. The van der Waals surface area contributed by atoms with Crippen LogP contribution in [0.2, 0.25) is 0 Å². The summed E-state index contributed by atoms with van der Waals surface area (Å²) in [5.41, 5.74) is -0.0580. The van der Waals surface area contributed by atoms with E-state index in [1.807, 2.05) is 0 Å². The van der Waals surface area contributed by atoms with Gasteiger partial charge in [0.2, 0.25) is 0 Å². The SMILES string of the molecule is COc1ccc(C(=O)C=c2[nH]c(=O)c(=Cc3ccc(O)c([N+](=O)[O-])c3)s2)cc1. The Hall–Kier alpha value is -3.72. The molecule has 3 rings (SSSR count). The summed E-state index contributed by atoms with van der Waals surface area (Å²) in [6.45, 7) is 0. The van der Waals surface area contributed by atoms with Gasteiger partial charge in [0.05, 0.1) is 21.2 Å². The first-order valence-electron chi connectivity index (χ1n) is 7.96. The quantitative estimate of drug-likeness (QED) is 0.382. The monoisotopic (exact) mass is 398 g/mol. The van der Waals surface area contributed by atoms with E-state index >= 15 is 0 Å². The Morgan fingerprint density at radius 2 is 1.96 bits per heavy atom. The van der Waals surface area contributed by atoms with Gasteiger partial charge in [0.25, 0.3) is 5.56 Å². The summed E-state index contributed by atoms with van der Waals surface area (Å²) in [4.78, 5) is 37.2. The van der Waals surface area contributed by atoms with E-state index in [4.69, 9.17) is 4.74 Å². The standard InChI is InChI=1S/C19H14N2O6S/c1-27-13-5-3-12(4-6-13)16(23)10-18-20-19(24)17(28-18)9-11-2-7-15(22)14(8-11)21(25)26/h2-10,22H,1H3,(H,20,24). The second-order valence-corrected chi connectivity index (χ2v) is 6.76. The van der Waals surface area contributed by atoms with Crippen molar-refractivity contribution in [2.75, 3.05) is 7.11 Å². The fourth-order valence-corrected chi connectivity index (χ4v) is 3.30. The molecule has 3 aromatic rings. The molecule has 0 amide bonds. The zero-order chi connectivity index (χ0) is 20.3. The van der Waals surface area contributed by atoms with Crippen molar-refractivity contribution in [1.29, 1.82) is 0 Å². The van der Waals surface area contributed by atoms with Gasteiger partial charge in [0.1, 0.15) is 5.75 Å². The van der Waals surface area contributed by atoms with Gasteiger partial charge < -0.3 is 14.8 Å². The van der Waals surface area contributed by atoms with Crippen LogP contribution < -0.4 is 19.5 Å². The lowest BCUT2D eigenvalue weighted by atomic mass is 10.1. The molecule has 0 radical (unpaired) electrons. The number of nitrogens with one attached hydrogen (secondary N) is 1. The predicted molar refractivity (Wildman–Crippen MR) is 104 cm³/mol. The van der Waals surface area contributed by atoms with Gasteiger partial charge in [-0.05, 0) is 42.0 Å². The summed E-state index contributed by atoms with van der Waals surface area (Å²) >= 11 is 1.05. The molecule has 1 aromatic heterocycles. The van der Waals surface area contributed by atoms with Crippen molar-refractivity contribution in [2.24, 2.45) is 0 Å². The third-order valence-electron chi connectivity index (χ3n) is 3.81. The number of ketones is 1. The van der Waals surface area contributed by atoms with E-state index in [-0.39, 0.29) is 10.3 Å². The maximum Gasteiger partial charge on any atom is 0.311 e. The van der Waals surface area contributed by atoms with E-state index in [0.717, 1.165) is 11.3 Å². The second kappa shape index (κ2) is 7.89. The number of hydrogen-bond acceptors (Lipinski definition) is 7. The number of carbonyl (C=O) groups is 1. The summed E-state index contributed by atoms with van der Waals surface area (Å²) in [6, 6.07) is 10.4. The highest BCUT2D eigenvalue weighted by Crippen LogP contribution is 2.26. The summed E-state index contributed by atoms with van der Waals surface area (Å²) in [7, 11) is 1.53. The molecule has 1 heterocycles. The minimum absolute atomic E-state index is 0.272. The summed E-state index contributed by atoms with van der Waals surface area (Å²) < 4.78 is 5.67. The number of aromatic nitrogens is 1. The number of benzene rings is 2. The Morgan fingerprint density at radius 3 is 2.61 bits per heavy atom. The number of hydrogen-bond donors (Lipinski definition) is 2. The molecule has 0 saturated heterocycles. The molecule has 9 heteroatoms. The van der Waals surface area contributed by atoms with Gasteiger partial charge in [-0.1, -0.05) is 6.07 Å². The third kappa shape index (κ3) is 4.15. The van der Waals surface area contributed by atoms with Gasteiger partial charge in [-0.15, -0.1) is 11.3 Å². The highest BCUT2D eigenvalue weighted by atomic mass is 32.1. The van der Waals surface area contributed by atoms with E-state index < -0.39 is 21.9 Å². The Balaban J connectivity index is 1.96. The average molecular weight is 398 g/mol. The molecule has 8 nitrogen and oxygen atoms in total. The largest absolute Gasteiger partial charge is 0.502 e. The van der Waals surface area contributed by atoms with Crippen molar-refractivity contribution in [3.05, 3.63) is 83.3 Å². The number of Topliss-reactive ketones (excluding diaryl/α,β-unsaturated/α-hetero) is 1. The number of phenolic OH excluding ortho intramolecular Hbond substituents is 1. The lowest BCUT2D eigenvalue weighted by molar-refractivity contribution is -0.385. The number of aromatic hydroxyl groups is 1. The number of aromatic amines is 1. The first-order valence-corrected chi connectivity index (χ1v) is 8.77. The number of nitro benzene ring substituents is 1. The van der Waals surface area contributed by atoms with Crippen molar-refractivity contribution in [3.8, 4) is 11.5 Å². The van der Waals surface area contributed by atoms with Crippen molar-refractivity contribution >= 4 is 35.0 Å². The molecule has 0 spiro atoms. The van der Waals surface area contributed by atoms with E-state index in [2.05, 4.69) is 4.98 Å². The molecule has 28 heavy (non-hydrogen) atoms. The first-order chi connectivity index (χ1) is 13.4. The van der Waals surface area contributed by atoms with Crippen LogP contribution in [0, 0.1) is 10.1 Å². The number of carbonyl (C=O) groups excluding carboxylic acids is 1. The highest BCUT2D eigenvalue weighted by Gasteiger charge is 2.13. The lowest BCUT2D eigenvalue weighted by Crippen LogP contribution is -2.20. The van der Waals surface area contributed by atoms with Gasteiger partial charge in [-0.3, -0.25) is 19.7 Å². The van der Waals surface area contributed by atoms with Crippen molar-refractivity contribution in [1.82, 2.24) is 4.98 Å². The molecule has 0 saturated carbocycles. The maximum absolute atomic E-state index is 12.3. The van der Waals surface area contributed by atoms with Gasteiger partial charge in [-0.2, -0.15) is 0 Å². The second-order valence-electron chi connectivity index (χ2n) is 5.67. The zero-order valence-electron chi connectivity index (χ0n) is 14.5. The van der Waals surface area contributed by atoms with Crippen LogP contribution in [0.3, 0.4) is 0 Å². The molecule has 0 atom stereocenters. The van der Waals surface area contributed by atoms with Crippen LogP contribution >= 0.6 is 11.3 Å². The minimum atomic E-state index is -0.710. The lowest BCUT2D eigenvalue weighted by Gasteiger charge is -1.99. The summed E-state index contributed by atoms with van der Waals surface area (Å²) in [6.07, 6.45) is 2.76. The van der Waals surface area contributed by atoms with Gasteiger partial charge in [0, 0.05) is 17.7 Å². The fourth-order valence-electron chi connectivity index (χ4n) is 2.41. The first kappa shape index (κ1) is 19.1. The number of methoxy groups -OCH3 is 1. The number of rotatable bonds is 5. The molecule has 0 aliphatic rings. The van der Waals surface area contributed by atoms with Crippen LogP contribution in [0.5, 0.6) is 11.5 Å². The zero-order valence-corrected chi connectivity index (χ0v) is 15.4. The summed E-state index contributed by atoms with van der Waals surface area (Å²) in [5, 5.41) is 20.4. The van der Waals surface area contributed by atoms with Crippen molar-refractivity contribution in [3.63, 3.8) is 0 Å². The number of phenols is 1. The molecule has 0 fully saturated rings. The van der Waals surface area contributed by atoms with Crippen LogP contribution in [-0.2, 0) is 0 Å². The average Bonchev–Trinajstić information content (AvgIpc) is 3.01. The molecule has 0 aliphatic carbocycles. The van der Waals surface area contributed by atoms with E-state index in [1.165, 1.54) is 37.5 Å². The topological polar surface area (TPSA) is 123 Å². The van der Waals surface area contributed by atoms with E-state index in [0.29, 0.717) is 21.5 Å². The van der Waals surface area contributed by atoms with Crippen LogP contribution in [0.1, 0.15) is 15.9 Å². The number of thiazole rings is 1. The number of nitrogens with zero attached hydrogens (tertiary/aromatic N) is 1. The third-order valence-corrected chi connectivity index (χ3v) is 4.77. The number of ether oxygens (including phenoxy) is 1. The molecular formula is C19H14N2O6S. The Bertz CT molecular complexity index is 1220. The smallest absolute Gasteiger partial charge is 0.311 e.